The second kappa shape index (κ2) is 57.2. The number of carbonyl (C=O) groups is 7. The summed E-state index contributed by atoms with van der Waals surface area (Å²) >= 11 is 3.95. The molecular formula is C70H111N5O28S. The van der Waals surface area contributed by atoms with E-state index in [9.17, 15) is 38.7 Å². The third-order valence-corrected chi connectivity index (χ3v) is 15.3. The van der Waals surface area contributed by atoms with E-state index in [1.807, 2.05) is 58.0 Å². The summed E-state index contributed by atoms with van der Waals surface area (Å²) < 4.78 is 78.2. The molecule has 4 aromatic rings. The number of carbonyl (C=O) groups excluding carboxylic acids is 6. The van der Waals surface area contributed by atoms with Gasteiger partial charge in [0.05, 0.1) is 82.8 Å². The molecule has 1 aliphatic rings. The van der Waals surface area contributed by atoms with Crippen molar-refractivity contribution in [1.29, 1.82) is 0 Å². The number of nitrogens with zero attached hydrogens (tertiary/aromatic N) is 2. The number of benzene rings is 2. The molecule has 1 saturated heterocycles. The number of carboxylic acid groups (broad SMARTS) is 1. The standard InChI is InChI=1S/C38H48N4O10.C13H25NO7S.C12H22O7.C7H16O4/c1-3-28(24-43)50-35(47-2)25-49-34(45)13-7-12-33(44)39-14-4-5-15-41-38(46)51-29-10-6-9-26(21-29)27-22-31-30-11-8-16-40-37(30)52-36(31)32(23-27)42-17-19-48-20-18-42;1-3-10(8-15)21-12(18-2)9-20-13(17)19-6-4-11(16)14-5-7-22;1-3-9(7-13)19-12(17-2)8-18-11(16)6-4-5-10(14)15;1-3-6(4-8)11-7(5-9)10-2/h6,8-11,16,21-23,28,35,43H,3-5,7,12-15,17-20,24-25H2,1-2H3,(H,39,44)(H,41,46);10,12,15,22H,3-9H2,1-2H3,(H,14,16);9,12-13H,3-8H2,1-2H3,(H,14,15);6-9H,3-5H2,1-2H3. The Bertz CT molecular complexity index is 2990. The van der Waals surface area contributed by atoms with E-state index in [0.29, 0.717) is 95.0 Å². The topological polar surface area (TPSA) is 435 Å². The maximum atomic E-state index is 12.6. The SMILES string of the molecule is CCC(CO)OC(CO)OC.CCC(CO)OC(COC(=O)CCCC(=O)NCCCCNC(=O)Oc1cccc(-c2cc(N3CCOCC3)c3oc4ncccc4c3c2)c1)OC.CCC(CO)OC(COC(=O)CCCC(=O)O)OC.CCC(CO)OC(COC(=O)OCCC(=O)NCCS)OC. The van der Waals surface area contributed by atoms with Gasteiger partial charge in [-0.1, -0.05) is 39.8 Å². The Kier molecular flexibility index (Phi) is 51.1. The summed E-state index contributed by atoms with van der Waals surface area (Å²) in [5.74, 6) is -1.34. The average Bonchev–Trinajstić information content (AvgIpc) is 1.59. The highest BCUT2D eigenvalue weighted by Gasteiger charge is 2.24. The number of hydrogen-bond donors (Lipinski definition) is 10. The third kappa shape index (κ3) is 39.3. The molecule has 0 bridgehead atoms. The Balaban J connectivity index is 0.000000578. The molecule has 1 aliphatic heterocycles. The Morgan fingerprint density at radius 2 is 1.06 bits per heavy atom. The van der Waals surface area contributed by atoms with Gasteiger partial charge in [0.15, 0.2) is 30.7 Å². The predicted molar refractivity (Wildman–Crippen MR) is 382 cm³/mol. The van der Waals surface area contributed by atoms with Gasteiger partial charge in [-0.15, -0.1) is 0 Å². The number of thiol groups is 1. The fraction of sp³-hybridized carbons (Fsp3) is 0.657. The normalized spacial score (nSPS) is 14.2. The second-order valence-electron chi connectivity index (χ2n) is 22.8. The number of ether oxygens (including phenoxy) is 14. The molecule has 9 N–H and O–H groups in total. The van der Waals surface area contributed by atoms with Crippen LogP contribution in [0, 0.1) is 0 Å². The van der Waals surface area contributed by atoms with E-state index in [2.05, 4.69) is 50.6 Å². The number of carboxylic acids is 1. The fourth-order valence-electron chi connectivity index (χ4n) is 9.07. The maximum Gasteiger partial charge on any atom is 0.508 e. The van der Waals surface area contributed by atoms with Gasteiger partial charge in [0.2, 0.25) is 17.5 Å². The van der Waals surface area contributed by atoms with Crippen molar-refractivity contribution in [3.8, 4) is 16.9 Å². The number of amides is 3. The largest absolute Gasteiger partial charge is 0.508 e. The number of morpholine rings is 1. The number of unbranched alkanes of at least 4 members (excludes halogenated alkanes) is 1. The molecule has 3 amide bonds. The van der Waals surface area contributed by atoms with Gasteiger partial charge in [-0.25, -0.2) is 14.6 Å². The molecule has 34 heteroatoms. The van der Waals surface area contributed by atoms with Gasteiger partial charge in [-0.2, -0.15) is 12.6 Å². The smallest absolute Gasteiger partial charge is 0.481 e. The number of aromatic nitrogens is 1. The summed E-state index contributed by atoms with van der Waals surface area (Å²) in [7, 11) is 5.69. The number of aliphatic carboxylic acids is 1. The van der Waals surface area contributed by atoms with Crippen LogP contribution in [0.25, 0.3) is 33.2 Å². The minimum atomic E-state index is -0.945. The van der Waals surface area contributed by atoms with Crippen molar-refractivity contribution in [3.05, 3.63) is 54.7 Å². The van der Waals surface area contributed by atoms with Gasteiger partial charge in [0.25, 0.3) is 0 Å². The highest BCUT2D eigenvalue weighted by atomic mass is 32.1. The van der Waals surface area contributed by atoms with Crippen molar-refractivity contribution in [2.24, 2.45) is 0 Å². The van der Waals surface area contributed by atoms with Crippen LogP contribution < -0.4 is 25.6 Å². The van der Waals surface area contributed by atoms with Crippen molar-refractivity contribution in [1.82, 2.24) is 20.9 Å². The molecule has 8 atom stereocenters. The molecule has 590 valence electrons. The first-order valence-corrected chi connectivity index (χ1v) is 35.3. The van der Waals surface area contributed by atoms with E-state index in [1.165, 1.54) is 28.4 Å². The molecular weight excluding hydrogens is 1390 g/mol. The predicted octanol–water partition coefficient (Wildman–Crippen LogP) is 5.56. The van der Waals surface area contributed by atoms with Crippen molar-refractivity contribution < 1.29 is 135 Å². The van der Waals surface area contributed by atoms with Gasteiger partial charge in [-0.05, 0) is 98.9 Å². The maximum absolute atomic E-state index is 12.6. The number of hydrogen-bond acceptors (Lipinski definition) is 30. The third-order valence-electron chi connectivity index (χ3n) is 15.1. The highest BCUT2D eigenvalue weighted by molar-refractivity contribution is 7.80. The van der Waals surface area contributed by atoms with E-state index in [1.54, 1.807) is 12.3 Å². The van der Waals surface area contributed by atoms with Crippen molar-refractivity contribution in [2.75, 3.05) is 144 Å². The molecule has 8 unspecified atom stereocenters. The summed E-state index contributed by atoms with van der Waals surface area (Å²) in [5, 5.41) is 63.1. The minimum Gasteiger partial charge on any atom is -0.481 e. The van der Waals surface area contributed by atoms with Crippen LogP contribution in [0.1, 0.15) is 111 Å². The molecule has 0 spiro atoms. The van der Waals surface area contributed by atoms with Crippen LogP contribution in [0.5, 0.6) is 5.75 Å². The van der Waals surface area contributed by atoms with Crippen molar-refractivity contribution >= 4 is 82.4 Å². The summed E-state index contributed by atoms with van der Waals surface area (Å²) in [6.07, 6.45) is 0.613. The number of esters is 2. The van der Waals surface area contributed by atoms with E-state index < -0.39 is 61.4 Å². The monoisotopic (exact) mass is 1500 g/mol. The first kappa shape index (κ1) is 93.0. The first-order valence-electron chi connectivity index (χ1n) is 34.7. The summed E-state index contributed by atoms with van der Waals surface area (Å²) in [6, 6.07) is 15.5. The van der Waals surface area contributed by atoms with E-state index in [-0.39, 0.29) is 128 Å². The zero-order valence-corrected chi connectivity index (χ0v) is 61.9. The number of furan rings is 1. The molecule has 3 heterocycles. The van der Waals surface area contributed by atoms with Gasteiger partial charge < -0.3 is 122 Å². The zero-order chi connectivity index (χ0) is 76.9. The van der Waals surface area contributed by atoms with E-state index in [4.69, 9.17) is 96.3 Å². The minimum absolute atomic E-state index is 0.0416. The lowest BCUT2D eigenvalue weighted by Crippen LogP contribution is -2.36. The lowest BCUT2D eigenvalue weighted by molar-refractivity contribution is -0.194. The van der Waals surface area contributed by atoms with Crippen molar-refractivity contribution in [2.45, 2.75) is 161 Å². The number of nitrogens with one attached hydrogen (secondary N) is 3. The average molecular weight is 1500 g/mol. The van der Waals surface area contributed by atoms with E-state index >= 15 is 0 Å². The number of aliphatic hydroxyl groups is 5. The summed E-state index contributed by atoms with van der Waals surface area (Å²) in [5.41, 5.74) is 4.19. The first-order chi connectivity index (χ1) is 50.2. The van der Waals surface area contributed by atoms with Crippen LogP contribution in [0.3, 0.4) is 0 Å². The molecule has 0 saturated carbocycles. The fourth-order valence-corrected chi connectivity index (χ4v) is 9.18. The van der Waals surface area contributed by atoms with Gasteiger partial charge >= 0.3 is 30.2 Å². The van der Waals surface area contributed by atoms with Gasteiger partial charge in [0, 0.05) is 110 Å². The van der Waals surface area contributed by atoms with Crippen LogP contribution in [-0.4, -0.2) is 267 Å². The highest BCUT2D eigenvalue weighted by Crippen LogP contribution is 2.39. The Labute approximate surface area is 612 Å². The number of pyridine rings is 1. The lowest BCUT2D eigenvalue weighted by atomic mass is 10.0. The van der Waals surface area contributed by atoms with Crippen LogP contribution in [0.2, 0.25) is 0 Å². The van der Waals surface area contributed by atoms with E-state index in [0.717, 1.165) is 46.3 Å². The van der Waals surface area contributed by atoms with Crippen LogP contribution in [0.4, 0.5) is 15.3 Å². The van der Waals surface area contributed by atoms with Crippen LogP contribution in [-0.2, 0) is 85.6 Å². The number of aliphatic hydroxyl groups excluding tert-OH is 5. The number of rotatable bonds is 48. The Hall–Kier alpha value is -7.13. The molecule has 0 aliphatic carbocycles. The number of anilines is 1. The number of fused-ring (bicyclic) bond motifs is 3. The van der Waals surface area contributed by atoms with Crippen LogP contribution in [0.15, 0.2) is 59.1 Å². The molecule has 33 nitrogen and oxygen atoms in total. The molecule has 0 radical (unpaired) electrons. The molecule has 2 aromatic heterocycles. The van der Waals surface area contributed by atoms with Gasteiger partial charge in [-0.3, -0.25) is 24.0 Å². The summed E-state index contributed by atoms with van der Waals surface area (Å²) in [4.78, 5) is 87.6. The summed E-state index contributed by atoms with van der Waals surface area (Å²) in [6.45, 7) is 10.4. The Morgan fingerprint density at radius 3 is 1.57 bits per heavy atom. The zero-order valence-electron chi connectivity index (χ0n) is 61.0. The molecule has 1 fully saturated rings. The molecule has 104 heavy (non-hydrogen) atoms. The van der Waals surface area contributed by atoms with Crippen molar-refractivity contribution in [3.63, 3.8) is 0 Å². The second-order valence-corrected chi connectivity index (χ2v) is 23.2. The lowest BCUT2D eigenvalue weighted by Gasteiger charge is -2.29. The van der Waals surface area contributed by atoms with Crippen LogP contribution >= 0.6 is 12.6 Å². The molecule has 2 aromatic carbocycles. The Morgan fingerprint density at radius 1 is 0.548 bits per heavy atom. The van der Waals surface area contributed by atoms with Gasteiger partial charge in [0.1, 0.15) is 32.2 Å². The number of methoxy groups -OCH3 is 4. The molecule has 5 rings (SSSR count). The quantitative estimate of drug-likeness (QED) is 0.00850.